The van der Waals surface area contributed by atoms with E-state index in [1.165, 1.54) is 5.56 Å². The lowest BCUT2D eigenvalue weighted by atomic mass is 10.2. The number of ether oxygens (including phenoxy) is 2. The Morgan fingerprint density at radius 3 is 2.58 bits per heavy atom. The van der Waals surface area contributed by atoms with Gasteiger partial charge in [0.25, 0.3) is 5.91 Å². The van der Waals surface area contributed by atoms with Crippen LogP contribution in [0.1, 0.15) is 12.5 Å². The molecule has 0 heterocycles. The summed E-state index contributed by atoms with van der Waals surface area (Å²) in [5.41, 5.74) is 1.26. The SMILES string of the molecule is CCc1ccc(OCCNC(=O)COc2ccc(Br)cc2Cl)cc1. The van der Waals surface area contributed by atoms with Crippen molar-refractivity contribution in [3.05, 3.63) is 57.5 Å². The number of rotatable bonds is 8. The number of nitrogens with one attached hydrogen (secondary N) is 1. The van der Waals surface area contributed by atoms with Gasteiger partial charge in [-0.3, -0.25) is 4.79 Å². The molecule has 24 heavy (non-hydrogen) atoms. The molecule has 0 fully saturated rings. The van der Waals surface area contributed by atoms with E-state index in [0.29, 0.717) is 23.9 Å². The van der Waals surface area contributed by atoms with Gasteiger partial charge in [-0.15, -0.1) is 0 Å². The van der Waals surface area contributed by atoms with Crippen molar-refractivity contribution in [3.63, 3.8) is 0 Å². The molecule has 0 aliphatic rings. The van der Waals surface area contributed by atoms with Crippen molar-refractivity contribution < 1.29 is 14.3 Å². The number of hydrogen-bond acceptors (Lipinski definition) is 3. The summed E-state index contributed by atoms with van der Waals surface area (Å²) < 4.78 is 11.8. The molecule has 0 saturated heterocycles. The number of benzene rings is 2. The highest BCUT2D eigenvalue weighted by atomic mass is 79.9. The molecular weight excluding hydrogens is 394 g/mol. The second-order valence-corrected chi connectivity index (χ2v) is 6.38. The van der Waals surface area contributed by atoms with Crippen LogP contribution in [0.2, 0.25) is 5.02 Å². The van der Waals surface area contributed by atoms with Gasteiger partial charge in [-0.25, -0.2) is 0 Å². The summed E-state index contributed by atoms with van der Waals surface area (Å²) in [6.07, 6.45) is 0.999. The Hall–Kier alpha value is -1.72. The molecule has 128 valence electrons. The molecule has 0 unspecified atom stereocenters. The van der Waals surface area contributed by atoms with E-state index >= 15 is 0 Å². The van der Waals surface area contributed by atoms with Gasteiger partial charge in [0.15, 0.2) is 6.61 Å². The number of aryl methyl sites for hydroxylation is 1. The average molecular weight is 413 g/mol. The number of hydrogen-bond donors (Lipinski definition) is 1. The van der Waals surface area contributed by atoms with Gasteiger partial charge in [-0.1, -0.05) is 46.6 Å². The Kier molecular flexibility index (Phi) is 7.40. The molecule has 1 amide bonds. The average Bonchev–Trinajstić information content (AvgIpc) is 2.58. The third kappa shape index (κ3) is 6.06. The number of carbonyl (C=O) groups is 1. The fraction of sp³-hybridized carbons (Fsp3) is 0.278. The molecule has 4 nitrogen and oxygen atoms in total. The molecular formula is C18H19BrClNO3. The first-order valence-electron chi connectivity index (χ1n) is 7.64. The van der Waals surface area contributed by atoms with E-state index < -0.39 is 0 Å². The molecule has 2 rings (SSSR count). The standard InChI is InChI=1S/C18H19BrClNO3/c1-2-13-3-6-15(7-4-13)23-10-9-21-18(22)12-24-17-8-5-14(19)11-16(17)20/h3-8,11H,2,9-10,12H2,1H3,(H,21,22). The first-order chi connectivity index (χ1) is 11.6. The van der Waals surface area contributed by atoms with E-state index in [9.17, 15) is 4.79 Å². The molecule has 0 spiro atoms. The van der Waals surface area contributed by atoms with Gasteiger partial charge in [-0.05, 0) is 42.3 Å². The molecule has 0 bridgehead atoms. The lowest BCUT2D eigenvalue weighted by Crippen LogP contribution is -2.32. The Morgan fingerprint density at radius 2 is 1.92 bits per heavy atom. The molecule has 0 aliphatic carbocycles. The van der Waals surface area contributed by atoms with E-state index in [0.717, 1.165) is 16.6 Å². The van der Waals surface area contributed by atoms with E-state index in [-0.39, 0.29) is 12.5 Å². The van der Waals surface area contributed by atoms with Gasteiger partial charge in [0.2, 0.25) is 0 Å². The Balaban J connectivity index is 1.65. The number of amides is 1. The zero-order valence-corrected chi connectivity index (χ0v) is 15.7. The summed E-state index contributed by atoms with van der Waals surface area (Å²) in [5, 5.41) is 3.19. The van der Waals surface area contributed by atoms with E-state index in [4.69, 9.17) is 21.1 Å². The summed E-state index contributed by atoms with van der Waals surface area (Å²) >= 11 is 9.33. The van der Waals surface area contributed by atoms with Crippen molar-refractivity contribution in [1.29, 1.82) is 0 Å². The van der Waals surface area contributed by atoms with Crippen LogP contribution in [-0.4, -0.2) is 25.7 Å². The molecule has 0 aliphatic heterocycles. The summed E-state index contributed by atoms with van der Waals surface area (Å²) in [4.78, 5) is 11.7. The third-order valence-corrected chi connectivity index (χ3v) is 4.07. The molecule has 0 atom stereocenters. The second-order valence-electron chi connectivity index (χ2n) is 5.06. The van der Waals surface area contributed by atoms with E-state index in [1.54, 1.807) is 18.2 Å². The Bertz CT molecular complexity index is 676. The summed E-state index contributed by atoms with van der Waals surface area (Å²) in [5.74, 6) is 1.04. The van der Waals surface area contributed by atoms with Crippen LogP contribution >= 0.6 is 27.5 Å². The second kappa shape index (κ2) is 9.55. The van der Waals surface area contributed by atoms with Crippen molar-refractivity contribution in [2.45, 2.75) is 13.3 Å². The van der Waals surface area contributed by atoms with Gasteiger partial charge in [-0.2, -0.15) is 0 Å². The van der Waals surface area contributed by atoms with Crippen LogP contribution in [-0.2, 0) is 11.2 Å². The van der Waals surface area contributed by atoms with Crippen molar-refractivity contribution in [3.8, 4) is 11.5 Å². The largest absolute Gasteiger partial charge is 0.492 e. The van der Waals surface area contributed by atoms with Crippen molar-refractivity contribution in [2.24, 2.45) is 0 Å². The molecule has 1 N–H and O–H groups in total. The fourth-order valence-corrected chi connectivity index (χ4v) is 2.70. The number of halogens is 2. The molecule has 0 aromatic heterocycles. The van der Waals surface area contributed by atoms with Crippen LogP contribution in [0.5, 0.6) is 11.5 Å². The predicted molar refractivity (Wildman–Crippen MR) is 99.0 cm³/mol. The zero-order chi connectivity index (χ0) is 17.4. The highest BCUT2D eigenvalue weighted by molar-refractivity contribution is 9.10. The van der Waals surface area contributed by atoms with Gasteiger partial charge in [0.1, 0.15) is 18.1 Å². The van der Waals surface area contributed by atoms with Crippen molar-refractivity contribution in [2.75, 3.05) is 19.8 Å². The van der Waals surface area contributed by atoms with Crippen LogP contribution in [0.25, 0.3) is 0 Å². The maximum atomic E-state index is 11.7. The van der Waals surface area contributed by atoms with Gasteiger partial charge in [0, 0.05) is 4.47 Å². The highest BCUT2D eigenvalue weighted by Gasteiger charge is 2.06. The topological polar surface area (TPSA) is 47.6 Å². The first-order valence-corrected chi connectivity index (χ1v) is 8.82. The maximum absolute atomic E-state index is 11.7. The van der Waals surface area contributed by atoms with E-state index in [1.807, 2.05) is 24.3 Å². The van der Waals surface area contributed by atoms with Gasteiger partial charge >= 0.3 is 0 Å². The first kappa shape index (κ1) is 18.6. The molecule has 6 heteroatoms. The number of carbonyl (C=O) groups excluding carboxylic acids is 1. The molecule has 0 saturated carbocycles. The summed E-state index contributed by atoms with van der Waals surface area (Å²) in [6, 6.07) is 13.2. The minimum absolute atomic E-state index is 0.0907. The van der Waals surface area contributed by atoms with Crippen LogP contribution in [0.3, 0.4) is 0 Å². The van der Waals surface area contributed by atoms with E-state index in [2.05, 4.69) is 28.2 Å². The Labute approximate surface area is 155 Å². The van der Waals surface area contributed by atoms with Crippen LogP contribution in [0.15, 0.2) is 46.9 Å². The normalized spacial score (nSPS) is 10.3. The van der Waals surface area contributed by atoms with Crippen LogP contribution in [0, 0.1) is 0 Å². The van der Waals surface area contributed by atoms with Crippen LogP contribution < -0.4 is 14.8 Å². The fourth-order valence-electron chi connectivity index (χ4n) is 1.97. The summed E-state index contributed by atoms with van der Waals surface area (Å²) in [6.45, 7) is 2.82. The summed E-state index contributed by atoms with van der Waals surface area (Å²) in [7, 11) is 0. The monoisotopic (exact) mass is 411 g/mol. The lowest BCUT2D eigenvalue weighted by Gasteiger charge is -2.10. The molecule has 0 radical (unpaired) electrons. The van der Waals surface area contributed by atoms with Gasteiger partial charge < -0.3 is 14.8 Å². The van der Waals surface area contributed by atoms with Crippen LogP contribution in [0.4, 0.5) is 0 Å². The minimum Gasteiger partial charge on any atom is -0.492 e. The zero-order valence-electron chi connectivity index (χ0n) is 13.4. The maximum Gasteiger partial charge on any atom is 0.258 e. The molecule has 2 aromatic carbocycles. The van der Waals surface area contributed by atoms with Crippen molar-refractivity contribution in [1.82, 2.24) is 5.32 Å². The predicted octanol–water partition coefficient (Wildman–Crippen LogP) is 4.24. The quantitative estimate of drug-likeness (QED) is 0.660. The Morgan fingerprint density at radius 1 is 1.17 bits per heavy atom. The van der Waals surface area contributed by atoms with Crippen molar-refractivity contribution >= 4 is 33.4 Å². The third-order valence-electron chi connectivity index (χ3n) is 3.28. The molecule has 2 aromatic rings. The minimum atomic E-state index is -0.223. The smallest absolute Gasteiger partial charge is 0.258 e. The van der Waals surface area contributed by atoms with Gasteiger partial charge in [0.05, 0.1) is 11.6 Å². The lowest BCUT2D eigenvalue weighted by molar-refractivity contribution is -0.123. The highest BCUT2D eigenvalue weighted by Crippen LogP contribution is 2.27.